The maximum absolute atomic E-state index is 9.26. The number of aryl methyl sites for hydroxylation is 1. The third-order valence-corrected chi connectivity index (χ3v) is 2.96. The summed E-state index contributed by atoms with van der Waals surface area (Å²) in [6, 6.07) is 8.46. The third-order valence-electron chi connectivity index (χ3n) is 2.96. The fraction of sp³-hybridized carbons (Fsp3) is 0.571. The lowest BCUT2D eigenvalue weighted by Gasteiger charge is -2.26. The van der Waals surface area contributed by atoms with Gasteiger partial charge in [-0.15, -0.1) is 0 Å². The second kappa shape index (κ2) is 6.15. The Morgan fingerprint density at radius 2 is 2.06 bits per heavy atom. The zero-order valence-electron chi connectivity index (χ0n) is 10.9. The lowest BCUT2D eigenvalue weighted by atomic mass is 9.84. The van der Waals surface area contributed by atoms with Crippen molar-refractivity contribution in [1.82, 2.24) is 5.32 Å². The molecular formula is C14H23NO2. The van der Waals surface area contributed by atoms with Gasteiger partial charge in [-0.1, -0.05) is 43.7 Å². The van der Waals surface area contributed by atoms with Crippen LogP contribution in [0, 0.1) is 6.92 Å². The van der Waals surface area contributed by atoms with E-state index < -0.39 is 6.10 Å². The molecule has 0 saturated carbocycles. The van der Waals surface area contributed by atoms with E-state index >= 15 is 0 Å². The van der Waals surface area contributed by atoms with Crippen molar-refractivity contribution in [3.8, 4) is 0 Å². The molecule has 1 aromatic carbocycles. The molecular weight excluding hydrogens is 214 g/mol. The van der Waals surface area contributed by atoms with Gasteiger partial charge in [0.15, 0.2) is 0 Å². The standard InChI is InChI=1S/C14H23NO2/c1-11-5-4-6-12(7-11)14(2,3)10-15-8-13(17)9-16/h4-7,13,15-17H,8-10H2,1-3H3. The van der Waals surface area contributed by atoms with Gasteiger partial charge in [0.1, 0.15) is 0 Å². The highest BCUT2D eigenvalue weighted by Gasteiger charge is 2.20. The van der Waals surface area contributed by atoms with E-state index in [1.807, 2.05) is 0 Å². The van der Waals surface area contributed by atoms with Crippen LogP contribution in [0.3, 0.4) is 0 Å². The van der Waals surface area contributed by atoms with E-state index in [2.05, 4.69) is 50.4 Å². The molecule has 3 nitrogen and oxygen atoms in total. The Balaban J connectivity index is 2.56. The quantitative estimate of drug-likeness (QED) is 0.697. The van der Waals surface area contributed by atoms with Crippen molar-refractivity contribution in [1.29, 1.82) is 0 Å². The van der Waals surface area contributed by atoms with Crippen LogP contribution in [0.2, 0.25) is 0 Å². The van der Waals surface area contributed by atoms with Gasteiger partial charge >= 0.3 is 0 Å². The van der Waals surface area contributed by atoms with Gasteiger partial charge < -0.3 is 15.5 Å². The van der Waals surface area contributed by atoms with Crippen molar-refractivity contribution >= 4 is 0 Å². The van der Waals surface area contributed by atoms with Gasteiger partial charge in [0.25, 0.3) is 0 Å². The van der Waals surface area contributed by atoms with Crippen LogP contribution in [0.25, 0.3) is 0 Å². The molecule has 0 aromatic heterocycles. The summed E-state index contributed by atoms with van der Waals surface area (Å²) in [5, 5.41) is 21.2. The van der Waals surface area contributed by atoms with Crippen LogP contribution in [0.5, 0.6) is 0 Å². The molecule has 1 aromatic rings. The molecule has 0 saturated heterocycles. The van der Waals surface area contributed by atoms with Gasteiger partial charge in [-0.05, 0) is 12.5 Å². The van der Waals surface area contributed by atoms with Gasteiger partial charge in [0, 0.05) is 18.5 Å². The van der Waals surface area contributed by atoms with Crippen molar-refractivity contribution in [2.75, 3.05) is 19.7 Å². The van der Waals surface area contributed by atoms with Gasteiger partial charge in [-0.25, -0.2) is 0 Å². The topological polar surface area (TPSA) is 52.5 Å². The Labute approximate surface area is 103 Å². The van der Waals surface area contributed by atoms with Crippen LogP contribution in [0.15, 0.2) is 24.3 Å². The lowest BCUT2D eigenvalue weighted by Crippen LogP contribution is -2.38. The third kappa shape index (κ3) is 4.46. The Hall–Kier alpha value is -0.900. The minimum Gasteiger partial charge on any atom is -0.394 e. The smallest absolute Gasteiger partial charge is 0.0894 e. The first-order valence-corrected chi connectivity index (χ1v) is 6.02. The van der Waals surface area contributed by atoms with E-state index in [0.29, 0.717) is 6.54 Å². The minimum absolute atomic E-state index is 0.0151. The van der Waals surface area contributed by atoms with Crippen molar-refractivity contribution in [3.05, 3.63) is 35.4 Å². The first-order valence-electron chi connectivity index (χ1n) is 6.02. The summed E-state index contributed by atoms with van der Waals surface area (Å²) in [5.41, 5.74) is 2.55. The molecule has 0 aliphatic rings. The summed E-state index contributed by atoms with van der Waals surface area (Å²) in [7, 11) is 0. The van der Waals surface area contributed by atoms with Gasteiger partial charge in [-0.3, -0.25) is 0 Å². The van der Waals surface area contributed by atoms with Crippen molar-refractivity contribution in [3.63, 3.8) is 0 Å². The average molecular weight is 237 g/mol. The predicted octanol–water partition coefficient (Wildman–Crippen LogP) is 1.22. The Morgan fingerprint density at radius 1 is 1.35 bits per heavy atom. The zero-order chi connectivity index (χ0) is 12.9. The maximum Gasteiger partial charge on any atom is 0.0894 e. The number of nitrogens with one attached hydrogen (secondary N) is 1. The molecule has 0 amide bonds. The van der Waals surface area contributed by atoms with Crippen LogP contribution in [0.4, 0.5) is 0 Å². The molecule has 0 radical (unpaired) electrons. The predicted molar refractivity (Wildman–Crippen MR) is 70.2 cm³/mol. The summed E-state index contributed by atoms with van der Waals surface area (Å²) < 4.78 is 0. The van der Waals surface area contributed by atoms with Crippen molar-refractivity contribution in [2.45, 2.75) is 32.3 Å². The van der Waals surface area contributed by atoms with E-state index in [4.69, 9.17) is 5.11 Å². The van der Waals surface area contributed by atoms with E-state index in [1.165, 1.54) is 11.1 Å². The molecule has 0 aliphatic carbocycles. The fourth-order valence-electron chi connectivity index (χ4n) is 1.78. The van der Waals surface area contributed by atoms with Crippen LogP contribution in [-0.4, -0.2) is 36.0 Å². The highest BCUT2D eigenvalue weighted by Crippen LogP contribution is 2.22. The molecule has 1 unspecified atom stereocenters. The van der Waals surface area contributed by atoms with Crippen LogP contribution in [-0.2, 0) is 5.41 Å². The minimum atomic E-state index is -0.677. The van der Waals surface area contributed by atoms with Crippen LogP contribution in [0.1, 0.15) is 25.0 Å². The first-order chi connectivity index (χ1) is 7.95. The summed E-state index contributed by atoms with van der Waals surface area (Å²) >= 11 is 0. The highest BCUT2D eigenvalue weighted by molar-refractivity contribution is 5.28. The molecule has 3 heteroatoms. The molecule has 17 heavy (non-hydrogen) atoms. The van der Waals surface area contributed by atoms with Gasteiger partial charge in [0.05, 0.1) is 12.7 Å². The summed E-state index contributed by atoms with van der Waals surface area (Å²) in [6.45, 7) is 7.42. The molecule has 0 spiro atoms. The first kappa shape index (κ1) is 14.2. The van der Waals surface area contributed by atoms with Gasteiger partial charge in [-0.2, -0.15) is 0 Å². The van der Waals surface area contributed by atoms with Crippen LogP contribution < -0.4 is 5.32 Å². The summed E-state index contributed by atoms with van der Waals surface area (Å²) in [4.78, 5) is 0. The molecule has 96 valence electrons. The Kier molecular flexibility index (Phi) is 5.12. The second-order valence-corrected chi connectivity index (χ2v) is 5.22. The zero-order valence-corrected chi connectivity index (χ0v) is 10.9. The Bertz CT molecular complexity index is 350. The van der Waals surface area contributed by atoms with Gasteiger partial charge in [0.2, 0.25) is 0 Å². The lowest BCUT2D eigenvalue weighted by molar-refractivity contribution is 0.0934. The van der Waals surface area contributed by atoms with Crippen molar-refractivity contribution in [2.24, 2.45) is 0 Å². The van der Waals surface area contributed by atoms with E-state index in [1.54, 1.807) is 0 Å². The van der Waals surface area contributed by atoms with Crippen molar-refractivity contribution < 1.29 is 10.2 Å². The molecule has 0 heterocycles. The normalized spacial score (nSPS) is 13.7. The Morgan fingerprint density at radius 3 is 2.65 bits per heavy atom. The summed E-state index contributed by atoms with van der Waals surface area (Å²) in [5.74, 6) is 0. The monoisotopic (exact) mass is 237 g/mol. The number of aliphatic hydroxyl groups excluding tert-OH is 2. The number of hydrogen-bond acceptors (Lipinski definition) is 3. The number of rotatable bonds is 6. The number of aliphatic hydroxyl groups is 2. The van der Waals surface area contributed by atoms with E-state index in [-0.39, 0.29) is 12.0 Å². The molecule has 0 fully saturated rings. The van der Waals surface area contributed by atoms with E-state index in [0.717, 1.165) is 6.54 Å². The largest absolute Gasteiger partial charge is 0.394 e. The summed E-state index contributed by atoms with van der Waals surface area (Å²) in [6.07, 6.45) is -0.677. The second-order valence-electron chi connectivity index (χ2n) is 5.22. The molecule has 0 bridgehead atoms. The fourth-order valence-corrected chi connectivity index (χ4v) is 1.78. The molecule has 3 N–H and O–H groups in total. The molecule has 1 atom stereocenters. The number of hydrogen-bond donors (Lipinski definition) is 3. The average Bonchev–Trinajstić information content (AvgIpc) is 2.28. The molecule has 1 rings (SSSR count). The van der Waals surface area contributed by atoms with Crippen LogP contribution >= 0.6 is 0 Å². The SMILES string of the molecule is Cc1cccc(C(C)(C)CNCC(O)CO)c1. The highest BCUT2D eigenvalue weighted by atomic mass is 16.3. The number of benzene rings is 1. The molecule has 0 aliphatic heterocycles. The maximum atomic E-state index is 9.26. The van der Waals surface area contributed by atoms with E-state index in [9.17, 15) is 5.11 Å².